The summed E-state index contributed by atoms with van der Waals surface area (Å²) in [6.45, 7) is 0.820. The minimum Gasteiger partial charge on any atom is -0.480 e. The molecule has 134 valence electrons. The summed E-state index contributed by atoms with van der Waals surface area (Å²) in [7, 11) is 0. The van der Waals surface area contributed by atoms with E-state index in [0.717, 1.165) is 19.4 Å². The number of carbonyl (C=O) groups is 1. The molecule has 2 heterocycles. The van der Waals surface area contributed by atoms with Crippen molar-refractivity contribution in [3.63, 3.8) is 0 Å². The number of nitrogens with zero attached hydrogens (tertiary/aromatic N) is 1. The third-order valence-electron chi connectivity index (χ3n) is 5.06. The number of hydrogen-bond donors (Lipinski definition) is 1. The summed E-state index contributed by atoms with van der Waals surface area (Å²) in [6, 6.07) is 18.7. The van der Waals surface area contributed by atoms with Gasteiger partial charge in [0.05, 0.1) is 6.04 Å². The molecule has 1 N–H and O–H groups in total. The predicted molar refractivity (Wildman–Crippen MR) is 109 cm³/mol. The van der Waals surface area contributed by atoms with Gasteiger partial charge in [-0.25, -0.2) is 0 Å². The molecule has 4 rings (SSSR count). The molecule has 0 spiro atoms. The highest BCUT2D eigenvalue weighted by atomic mass is 32.2. The van der Waals surface area contributed by atoms with E-state index in [4.69, 9.17) is 0 Å². The summed E-state index contributed by atoms with van der Waals surface area (Å²) >= 11 is 3.49. The lowest BCUT2D eigenvalue weighted by molar-refractivity contribution is -0.142. The summed E-state index contributed by atoms with van der Waals surface area (Å²) in [6.07, 6.45) is 3.72. The zero-order valence-electron chi connectivity index (χ0n) is 14.6. The minimum absolute atomic E-state index is 0.00749. The molecule has 1 aliphatic heterocycles. The molecule has 2 atom stereocenters. The average Bonchev–Trinajstić information content (AvgIpc) is 3.29. The highest BCUT2D eigenvalue weighted by Crippen LogP contribution is 2.40. The van der Waals surface area contributed by atoms with E-state index in [1.54, 1.807) is 23.1 Å². The van der Waals surface area contributed by atoms with Crippen molar-refractivity contribution in [1.82, 2.24) is 4.90 Å². The second-order valence-corrected chi connectivity index (χ2v) is 8.59. The van der Waals surface area contributed by atoms with Crippen molar-refractivity contribution in [3.8, 4) is 0 Å². The van der Waals surface area contributed by atoms with Crippen LogP contribution in [0.1, 0.15) is 29.3 Å². The van der Waals surface area contributed by atoms with Gasteiger partial charge in [-0.3, -0.25) is 9.69 Å². The van der Waals surface area contributed by atoms with E-state index < -0.39 is 12.0 Å². The Morgan fingerprint density at radius 1 is 1.23 bits per heavy atom. The smallest absolute Gasteiger partial charge is 0.320 e. The Kier molecular flexibility index (Phi) is 5.02. The number of fused-ring (bicyclic) bond motifs is 1. The normalized spacial score (nSPS) is 19.0. The third kappa shape index (κ3) is 3.27. The first kappa shape index (κ1) is 17.6. The number of aliphatic carboxylic acids is 1. The summed E-state index contributed by atoms with van der Waals surface area (Å²) in [4.78, 5) is 16.4. The first-order chi connectivity index (χ1) is 12.7. The van der Waals surface area contributed by atoms with Gasteiger partial charge in [0.2, 0.25) is 0 Å². The van der Waals surface area contributed by atoms with Gasteiger partial charge in [-0.15, -0.1) is 23.1 Å². The number of benzene rings is 2. The summed E-state index contributed by atoms with van der Waals surface area (Å²) in [5, 5.41) is 10.9. The lowest BCUT2D eigenvalue weighted by atomic mass is 10.0. The van der Waals surface area contributed by atoms with Gasteiger partial charge in [-0.05, 0) is 54.3 Å². The molecule has 1 saturated heterocycles. The maximum Gasteiger partial charge on any atom is 0.320 e. The fourth-order valence-corrected chi connectivity index (χ4v) is 5.43. The fourth-order valence-electron chi connectivity index (χ4n) is 3.81. The quantitative estimate of drug-likeness (QED) is 0.610. The molecule has 1 aliphatic rings. The molecule has 1 aromatic heterocycles. The lowest BCUT2D eigenvalue weighted by Crippen LogP contribution is -2.38. The van der Waals surface area contributed by atoms with E-state index in [1.807, 2.05) is 0 Å². The van der Waals surface area contributed by atoms with Crippen LogP contribution in [0.3, 0.4) is 0 Å². The lowest BCUT2D eigenvalue weighted by Gasteiger charge is -2.31. The number of rotatable bonds is 5. The Hall–Kier alpha value is -1.82. The van der Waals surface area contributed by atoms with Crippen LogP contribution < -0.4 is 0 Å². The first-order valence-corrected chi connectivity index (χ1v) is 10.8. The van der Waals surface area contributed by atoms with Crippen molar-refractivity contribution in [2.45, 2.75) is 29.8 Å². The zero-order chi connectivity index (χ0) is 18.1. The monoisotopic (exact) mass is 383 g/mol. The predicted octanol–water partition coefficient (Wildman–Crippen LogP) is 5.26. The van der Waals surface area contributed by atoms with Gasteiger partial charge < -0.3 is 5.11 Å². The maximum absolute atomic E-state index is 11.8. The SMILES string of the molecule is CSc1ccc(C(c2cc3ccccc3s2)N2CCCC2C(=O)O)cc1. The van der Waals surface area contributed by atoms with Crippen molar-refractivity contribution >= 4 is 39.2 Å². The molecule has 2 unspecified atom stereocenters. The number of likely N-dealkylation sites (tertiary alicyclic amines) is 1. The van der Waals surface area contributed by atoms with Crippen LogP contribution in [0, 0.1) is 0 Å². The first-order valence-electron chi connectivity index (χ1n) is 8.78. The van der Waals surface area contributed by atoms with Crippen LogP contribution in [-0.4, -0.2) is 34.8 Å². The molecule has 3 nitrogen and oxygen atoms in total. The molecule has 0 saturated carbocycles. The second kappa shape index (κ2) is 7.43. The topological polar surface area (TPSA) is 40.5 Å². The standard InChI is InChI=1S/C21H21NO2S2/c1-25-16-10-8-14(9-11-16)20(22-12-4-6-17(22)21(23)24)19-13-15-5-2-3-7-18(15)26-19/h2-3,5,7-11,13,17,20H,4,6,12H2,1H3,(H,23,24). The van der Waals surface area contributed by atoms with Crippen LogP contribution in [0.4, 0.5) is 0 Å². The Morgan fingerprint density at radius 2 is 2.00 bits per heavy atom. The number of carboxylic acid groups (broad SMARTS) is 1. The van der Waals surface area contributed by atoms with E-state index in [-0.39, 0.29) is 6.04 Å². The molecule has 26 heavy (non-hydrogen) atoms. The molecule has 0 radical (unpaired) electrons. The van der Waals surface area contributed by atoms with Gasteiger partial charge in [0.25, 0.3) is 0 Å². The third-order valence-corrected chi connectivity index (χ3v) is 6.97. The van der Waals surface area contributed by atoms with Crippen LogP contribution in [0.2, 0.25) is 0 Å². The highest BCUT2D eigenvalue weighted by molar-refractivity contribution is 7.98. The van der Waals surface area contributed by atoms with Crippen LogP contribution in [0.25, 0.3) is 10.1 Å². The van der Waals surface area contributed by atoms with Crippen molar-refractivity contribution in [2.24, 2.45) is 0 Å². The van der Waals surface area contributed by atoms with E-state index in [9.17, 15) is 9.90 Å². The van der Waals surface area contributed by atoms with Crippen molar-refractivity contribution in [2.75, 3.05) is 12.8 Å². The van der Waals surface area contributed by atoms with Gasteiger partial charge in [0, 0.05) is 21.0 Å². The van der Waals surface area contributed by atoms with Crippen molar-refractivity contribution < 1.29 is 9.90 Å². The molecule has 3 aromatic rings. The van der Waals surface area contributed by atoms with Crippen LogP contribution in [0.5, 0.6) is 0 Å². The fraction of sp³-hybridized carbons (Fsp3) is 0.286. The van der Waals surface area contributed by atoms with Crippen LogP contribution >= 0.6 is 23.1 Å². The number of hydrogen-bond acceptors (Lipinski definition) is 4. The Bertz CT molecular complexity index is 886. The summed E-state index contributed by atoms with van der Waals surface area (Å²) < 4.78 is 1.25. The summed E-state index contributed by atoms with van der Waals surface area (Å²) in [5.74, 6) is -0.714. The van der Waals surface area contributed by atoms with E-state index in [1.165, 1.54) is 25.4 Å². The molecule has 0 bridgehead atoms. The second-order valence-electron chi connectivity index (χ2n) is 6.60. The molecular formula is C21H21NO2S2. The molecule has 1 fully saturated rings. The Balaban J connectivity index is 1.81. The molecule has 2 aromatic carbocycles. The molecule has 0 amide bonds. The van der Waals surface area contributed by atoms with Gasteiger partial charge in [-0.2, -0.15) is 0 Å². The Labute approximate surface area is 161 Å². The number of thiophene rings is 1. The van der Waals surface area contributed by atoms with E-state index in [2.05, 4.69) is 65.8 Å². The number of carboxylic acids is 1. The van der Waals surface area contributed by atoms with Crippen molar-refractivity contribution in [1.29, 1.82) is 0 Å². The van der Waals surface area contributed by atoms with E-state index >= 15 is 0 Å². The van der Waals surface area contributed by atoms with Gasteiger partial charge >= 0.3 is 5.97 Å². The maximum atomic E-state index is 11.8. The van der Waals surface area contributed by atoms with Gasteiger partial charge in [-0.1, -0.05) is 30.3 Å². The molecule has 0 aliphatic carbocycles. The van der Waals surface area contributed by atoms with E-state index in [0.29, 0.717) is 0 Å². The Morgan fingerprint density at radius 3 is 2.69 bits per heavy atom. The van der Waals surface area contributed by atoms with Crippen LogP contribution in [0.15, 0.2) is 59.5 Å². The number of thioether (sulfide) groups is 1. The van der Waals surface area contributed by atoms with Gasteiger partial charge in [0.1, 0.15) is 6.04 Å². The average molecular weight is 384 g/mol. The van der Waals surface area contributed by atoms with Crippen LogP contribution in [-0.2, 0) is 4.79 Å². The van der Waals surface area contributed by atoms with Crippen molar-refractivity contribution in [3.05, 3.63) is 65.0 Å². The largest absolute Gasteiger partial charge is 0.480 e. The summed E-state index contributed by atoms with van der Waals surface area (Å²) in [5.41, 5.74) is 1.17. The molecular weight excluding hydrogens is 362 g/mol. The highest BCUT2D eigenvalue weighted by Gasteiger charge is 2.37. The van der Waals surface area contributed by atoms with Gasteiger partial charge in [0.15, 0.2) is 0 Å². The molecule has 5 heteroatoms. The minimum atomic E-state index is -0.714. The zero-order valence-corrected chi connectivity index (χ0v) is 16.2.